The van der Waals surface area contributed by atoms with Crippen molar-refractivity contribution >= 4 is 17.6 Å². The Morgan fingerprint density at radius 1 is 1.42 bits per heavy atom. The Morgan fingerprint density at radius 3 is 3.08 bits per heavy atom. The number of anilines is 1. The van der Waals surface area contributed by atoms with E-state index in [4.69, 9.17) is 9.47 Å². The first-order valence-electron chi connectivity index (χ1n) is 8.47. The number of H-pyrrole nitrogens is 1. The molecular formula is C18H18FN3O4. The number of piperidine rings is 1. The number of esters is 1. The molecular weight excluding hydrogens is 341 g/mol. The Kier molecular flexibility index (Phi) is 4.20. The molecule has 3 heterocycles. The molecule has 7 nitrogen and oxygen atoms in total. The number of carbonyl (C=O) groups excluding carboxylic acids is 2. The van der Waals surface area contributed by atoms with Crippen molar-refractivity contribution in [1.82, 2.24) is 10.2 Å². The normalized spacial score (nSPS) is 19.5. The minimum Gasteiger partial charge on any atom is -0.447 e. The van der Waals surface area contributed by atoms with Gasteiger partial charge in [-0.2, -0.15) is 5.10 Å². The van der Waals surface area contributed by atoms with Crippen LogP contribution in [0.4, 0.5) is 10.1 Å². The van der Waals surface area contributed by atoms with E-state index in [1.165, 1.54) is 12.1 Å². The second-order valence-corrected chi connectivity index (χ2v) is 6.48. The average Bonchev–Trinajstić information content (AvgIpc) is 3.20. The predicted molar refractivity (Wildman–Crippen MR) is 89.0 cm³/mol. The Hall–Kier alpha value is -2.74. The number of aryl methyl sites for hydroxylation is 1. The molecule has 0 spiro atoms. The molecule has 1 aromatic carbocycles. The van der Waals surface area contributed by atoms with Crippen LogP contribution in [0, 0.1) is 12.7 Å². The molecule has 1 atom stereocenters. The molecule has 2 aliphatic rings. The molecule has 4 rings (SSSR count). The SMILES string of the molecule is Cc1cc(F)ccc1N1CCCC(OC(=O)c2n[nH]c3c2COC3)C1=O. The Morgan fingerprint density at radius 2 is 2.27 bits per heavy atom. The summed E-state index contributed by atoms with van der Waals surface area (Å²) in [5.74, 6) is -1.29. The minimum atomic E-state index is -0.879. The summed E-state index contributed by atoms with van der Waals surface area (Å²) in [5, 5.41) is 6.74. The maximum Gasteiger partial charge on any atom is 0.360 e. The van der Waals surface area contributed by atoms with Crippen LogP contribution in [-0.2, 0) is 27.5 Å². The highest BCUT2D eigenvalue weighted by Gasteiger charge is 2.35. The highest BCUT2D eigenvalue weighted by molar-refractivity contribution is 6.00. The molecule has 0 aliphatic carbocycles. The van der Waals surface area contributed by atoms with Gasteiger partial charge in [-0.15, -0.1) is 0 Å². The van der Waals surface area contributed by atoms with Crippen LogP contribution in [0.1, 0.15) is 40.2 Å². The van der Waals surface area contributed by atoms with Crippen LogP contribution < -0.4 is 4.90 Å². The van der Waals surface area contributed by atoms with Gasteiger partial charge in [-0.3, -0.25) is 9.89 Å². The summed E-state index contributed by atoms with van der Waals surface area (Å²) in [6.45, 7) is 2.94. The topological polar surface area (TPSA) is 84.5 Å². The third kappa shape index (κ3) is 2.86. The van der Waals surface area contributed by atoms with Gasteiger partial charge in [-0.25, -0.2) is 9.18 Å². The number of aromatic amines is 1. The van der Waals surface area contributed by atoms with E-state index < -0.39 is 12.1 Å². The summed E-state index contributed by atoms with van der Waals surface area (Å²) in [6, 6.07) is 4.27. The highest BCUT2D eigenvalue weighted by Crippen LogP contribution is 2.27. The van der Waals surface area contributed by atoms with E-state index in [-0.39, 0.29) is 17.4 Å². The molecule has 0 radical (unpaired) electrons. The Balaban J connectivity index is 1.52. The van der Waals surface area contributed by atoms with Crippen LogP contribution in [0.5, 0.6) is 0 Å². The van der Waals surface area contributed by atoms with E-state index >= 15 is 0 Å². The van der Waals surface area contributed by atoms with Gasteiger partial charge in [0.15, 0.2) is 11.8 Å². The number of fused-ring (bicyclic) bond motifs is 1. The molecule has 0 saturated carbocycles. The lowest BCUT2D eigenvalue weighted by atomic mass is 10.0. The number of ether oxygens (including phenoxy) is 2. The minimum absolute atomic E-state index is 0.167. The summed E-state index contributed by atoms with van der Waals surface area (Å²) < 4.78 is 24.0. The fourth-order valence-electron chi connectivity index (χ4n) is 3.40. The van der Waals surface area contributed by atoms with Crippen molar-refractivity contribution in [1.29, 1.82) is 0 Å². The van der Waals surface area contributed by atoms with Gasteiger partial charge in [0.1, 0.15) is 5.82 Å². The number of carbonyl (C=O) groups is 2. The van der Waals surface area contributed by atoms with Crippen molar-refractivity contribution in [3.63, 3.8) is 0 Å². The number of hydrogen-bond acceptors (Lipinski definition) is 5. The van der Waals surface area contributed by atoms with Gasteiger partial charge in [0, 0.05) is 17.8 Å². The smallest absolute Gasteiger partial charge is 0.360 e. The van der Waals surface area contributed by atoms with Crippen LogP contribution in [0.3, 0.4) is 0 Å². The summed E-state index contributed by atoms with van der Waals surface area (Å²) in [7, 11) is 0. The number of amides is 1. The number of benzene rings is 1. The Labute approximate surface area is 149 Å². The van der Waals surface area contributed by atoms with Crippen LogP contribution >= 0.6 is 0 Å². The van der Waals surface area contributed by atoms with Crippen molar-refractivity contribution < 1.29 is 23.5 Å². The van der Waals surface area contributed by atoms with Crippen molar-refractivity contribution in [2.24, 2.45) is 0 Å². The standard InChI is InChI=1S/C18H18FN3O4/c1-10-7-11(19)4-5-14(10)22-6-2-3-15(17(22)23)26-18(24)16-12-8-25-9-13(12)20-21-16/h4-5,7,15H,2-3,6,8-9H2,1H3,(H,20,21). The summed E-state index contributed by atoms with van der Waals surface area (Å²) in [4.78, 5) is 26.8. The zero-order valence-electron chi connectivity index (χ0n) is 14.3. The second kappa shape index (κ2) is 6.53. The first kappa shape index (κ1) is 16.7. The van der Waals surface area contributed by atoms with Gasteiger partial charge in [-0.05, 0) is 43.5 Å². The van der Waals surface area contributed by atoms with E-state index in [9.17, 15) is 14.0 Å². The molecule has 26 heavy (non-hydrogen) atoms. The van der Waals surface area contributed by atoms with Gasteiger partial charge in [0.2, 0.25) is 0 Å². The first-order chi connectivity index (χ1) is 12.5. The van der Waals surface area contributed by atoms with E-state index in [2.05, 4.69) is 10.2 Å². The molecule has 0 bridgehead atoms. The molecule has 1 amide bonds. The molecule has 1 N–H and O–H groups in total. The predicted octanol–water partition coefficient (Wildman–Crippen LogP) is 2.24. The van der Waals surface area contributed by atoms with Crippen LogP contribution in [0.2, 0.25) is 0 Å². The molecule has 1 unspecified atom stereocenters. The zero-order valence-corrected chi connectivity index (χ0v) is 14.3. The Bertz CT molecular complexity index is 879. The molecule has 136 valence electrons. The van der Waals surface area contributed by atoms with Gasteiger partial charge in [-0.1, -0.05) is 0 Å². The van der Waals surface area contributed by atoms with Crippen molar-refractivity contribution in [2.75, 3.05) is 11.4 Å². The van der Waals surface area contributed by atoms with Gasteiger partial charge in [0.05, 0.1) is 18.9 Å². The maximum atomic E-state index is 13.3. The lowest BCUT2D eigenvalue weighted by Crippen LogP contribution is -2.46. The fourth-order valence-corrected chi connectivity index (χ4v) is 3.40. The first-order valence-corrected chi connectivity index (χ1v) is 8.47. The van der Waals surface area contributed by atoms with E-state index in [0.717, 1.165) is 5.69 Å². The third-order valence-corrected chi connectivity index (χ3v) is 4.73. The van der Waals surface area contributed by atoms with Crippen LogP contribution in [0.15, 0.2) is 18.2 Å². The summed E-state index contributed by atoms with van der Waals surface area (Å²) in [6.07, 6.45) is 0.252. The van der Waals surface area contributed by atoms with Gasteiger partial charge >= 0.3 is 5.97 Å². The number of aromatic nitrogens is 2. The quantitative estimate of drug-likeness (QED) is 0.850. The molecule has 2 aliphatic heterocycles. The monoisotopic (exact) mass is 359 g/mol. The number of rotatable bonds is 3. The van der Waals surface area contributed by atoms with Crippen LogP contribution in [-0.4, -0.2) is 34.7 Å². The van der Waals surface area contributed by atoms with Gasteiger partial charge < -0.3 is 14.4 Å². The zero-order chi connectivity index (χ0) is 18.3. The lowest BCUT2D eigenvalue weighted by molar-refractivity contribution is -0.129. The van der Waals surface area contributed by atoms with E-state index in [0.29, 0.717) is 49.4 Å². The number of hydrogen-bond donors (Lipinski definition) is 1. The summed E-state index contributed by atoms with van der Waals surface area (Å²) in [5.41, 5.74) is 2.90. The van der Waals surface area contributed by atoms with Crippen molar-refractivity contribution in [2.45, 2.75) is 39.1 Å². The highest BCUT2D eigenvalue weighted by atomic mass is 19.1. The van der Waals surface area contributed by atoms with Crippen molar-refractivity contribution in [3.05, 3.63) is 46.5 Å². The largest absolute Gasteiger partial charge is 0.447 e. The number of nitrogens with one attached hydrogen (secondary N) is 1. The van der Waals surface area contributed by atoms with E-state index in [1.807, 2.05) is 0 Å². The second-order valence-electron chi connectivity index (χ2n) is 6.48. The fraction of sp³-hybridized carbons (Fsp3) is 0.389. The molecule has 1 aromatic heterocycles. The number of halogens is 1. The molecule has 2 aromatic rings. The molecule has 8 heteroatoms. The summed E-state index contributed by atoms with van der Waals surface area (Å²) >= 11 is 0. The number of nitrogens with zero attached hydrogens (tertiary/aromatic N) is 2. The van der Waals surface area contributed by atoms with Crippen LogP contribution in [0.25, 0.3) is 0 Å². The lowest BCUT2D eigenvalue weighted by Gasteiger charge is -2.32. The van der Waals surface area contributed by atoms with E-state index in [1.54, 1.807) is 17.9 Å². The molecule has 1 fully saturated rings. The van der Waals surface area contributed by atoms with Crippen molar-refractivity contribution in [3.8, 4) is 0 Å². The van der Waals surface area contributed by atoms with Gasteiger partial charge in [0.25, 0.3) is 5.91 Å². The third-order valence-electron chi connectivity index (χ3n) is 4.73. The maximum absolute atomic E-state index is 13.3. The molecule has 1 saturated heterocycles. The average molecular weight is 359 g/mol.